The van der Waals surface area contributed by atoms with Crippen LogP contribution < -0.4 is 5.32 Å². The summed E-state index contributed by atoms with van der Waals surface area (Å²) in [7, 11) is 0. The molecular weight excluding hydrogens is 212 g/mol. The minimum Gasteiger partial charge on any atom is -0.352 e. The van der Waals surface area contributed by atoms with Gasteiger partial charge in [0.1, 0.15) is 5.41 Å². The molecule has 94 valence electrons. The highest BCUT2D eigenvalue weighted by Gasteiger charge is 2.42. The average Bonchev–Trinajstić information content (AvgIpc) is 2.82. The van der Waals surface area contributed by atoms with Gasteiger partial charge in [-0.15, -0.1) is 0 Å². The van der Waals surface area contributed by atoms with Crippen LogP contribution in [-0.2, 0) is 4.79 Å². The molecule has 2 aliphatic carbocycles. The first-order valence-electron chi connectivity index (χ1n) is 6.88. The molecule has 3 heteroatoms. The molecule has 0 spiro atoms. The van der Waals surface area contributed by atoms with Gasteiger partial charge in [-0.05, 0) is 44.4 Å². The third-order valence-electron chi connectivity index (χ3n) is 4.46. The molecule has 2 saturated carbocycles. The van der Waals surface area contributed by atoms with E-state index in [1.807, 2.05) is 0 Å². The summed E-state index contributed by atoms with van der Waals surface area (Å²) in [4.78, 5) is 12.2. The van der Waals surface area contributed by atoms with E-state index in [0.29, 0.717) is 6.04 Å². The molecule has 3 nitrogen and oxygen atoms in total. The standard InChI is InChI=1S/C14H22N2O/c1-11-4-6-12(7-5-11)16-13(17)14(10-15)8-2-3-9-14/h11-12H,2-9H2,1H3,(H,16,17). The lowest BCUT2D eigenvalue weighted by Crippen LogP contribution is -2.45. The number of amides is 1. The Labute approximate surface area is 104 Å². The molecule has 1 N–H and O–H groups in total. The van der Waals surface area contributed by atoms with Crippen molar-refractivity contribution in [2.24, 2.45) is 11.3 Å². The Hall–Kier alpha value is -1.04. The number of nitrogens with zero attached hydrogens (tertiary/aromatic N) is 1. The van der Waals surface area contributed by atoms with Gasteiger partial charge in [0.15, 0.2) is 0 Å². The van der Waals surface area contributed by atoms with Crippen molar-refractivity contribution in [3.05, 3.63) is 0 Å². The van der Waals surface area contributed by atoms with Crippen molar-refractivity contribution in [3.63, 3.8) is 0 Å². The summed E-state index contributed by atoms with van der Waals surface area (Å²) in [6.07, 6.45) is 8.08. The number of hydrogen-bond acceptors (Lipinski definition) is 2. The number of carbonyl (C=O) groups is 1. The predicted molar refractivity (Wildman–Crippen MR) is 66.1 cm³/mol. The lowest BCUT2D eigenvalue weighted by molar-refractivity contribution is -0.129. The highest BCUT2D eigenvalue weighted by molar-refractivity contribution is 5.85. The largest absolute Gasteiger partial charge is 0.352 e. The third kappa shape index (κ3) is 2.62. The minimum absolute atomic E-state index is 0.00273. The molecule has 0 heterocycles. The molecule has 17 heavy (non-hydrogen) atoms. The van der Waals surface area contributed by atoms with Crippen molar-refractivity contribution in [1.29, 1.82) is 5.26 Å². The smallest absolute Gasteiger partial charge is 0.240 e. The fourth-order valence-electron chi connectivity index (χ4n) is 3.10. The van der Waals surface area contributed by atoms with Crippen LogP contribution in [0.5, 0.6) is 0 Å². The van der Waals surface area contributed by atoms with Crippen LogP contribution in [0.3, 0.4) is 0 Å². The van der Waals surface area contributed by atoms with Gasteiger partial charge < -0.3 is 5.32 Å². The maximum atomic E-state index is 12.2. The van der Waals surface area contributed by atoms with E-state index in [-0.39, 0.29) is 5.91 Å². The Morgan fingerprint density at radius 1 is 1.24 bits per heavy atom. The zero-order valence-corrected chi connectivity index (χ0v) is 10.7. The highest BCUT2D eigenvalue weighted by Crippen LogP contribution is 2.38. The fourth-order valence-corrected chi connectivity index (χ4v) is 3.10. The second-order valence-electron chi connectivity index (χ2n) is 5.83. The molecule has 0 saturated heterocycles. The predicted octanol–water partition coefficient (Wildman–Crippen LogP) is 2.77. The summed E-state index contributed by atoms with van der Waals surface area (Å²) in [6.45, 7) is 2.27. The first kappa shape index (κ1) is 12.4. The molecule has 2 aliphatic rings. The second-order valence-corrected chi connectivity index (χ2v) is 5.83. The third-order valence-corrected chi connectivity index (χ3v) is 4.46. The molecule has 0 atom stereocenters. The Balaban J connectivity index is 1.90. The van der Waals surface area contributed by atoms with E-state index < -0.39 is 5.41 Å². The van der Waals surface area contributed by atoms with Gasteiger partial charge in [0.25, 0.3) is 0 Å². The van der Waals surface area contributed by atoms with Crippen LogP contribution in [0, 0.1) is 22.7 Å². The molecule has 0 aromatic carbocycles. The zero-order valence-electron chi connectivity index (χ0n) is 10.7. The first-order chi connectivity index (χ1) is 8.16. The van der Waals surface area contributed by atoms with E-state index in [0.717, 1.165) is 44.4 Å². The molecular formula is C14H22N2O. The van der Waals surface area contributed by atoms with Crippen LogP contribution in [0.1, 0.15) is 58.3 Å². The van der Waals surface area contributed by atoms with E-state index >= 15 is 0 Å². The molecule has 2 rings (SSSR count). The molecule has 0 radical (unpaired) electrons. The van der Waals surface area contributed by atoms with Crippen molar-refractivity contribution in [2.45, 2.75) is 64.3 Å². The molecule has 0 aromatic heterocycles. The van der Waals surface area contributed by atoms with Crippen molar-refractivity contribution < 1.29 is 4.79 Å². The first-order valence-corrected chi connectivity index (χ1v) is 6.88. The number of rotatable bonds is 2. The molecule has 0 unspecified atom stereocenters. The minimum atomic E-state index is -0.705. The lowest BCUT2D eigenvalue weighted by Gasteiger charge is -2.29. The molecule has 0 aromatic rings. The Morgan fingerprint density at radius 2 is 1.82 bits per heavy atom. The second kappa shape index (κ2) is 5.08. The summed E-state index contributed by atoms with van der Waals surface area (Å²) in [6, 6.07) is 2.57. The average molecular weight is 234 g/mol. The summed E-state index contributed by atoms with van der Waals surface area (Å²) < 4.78 is 0. The van der Waals surface area contributed by atoms with Gasteiger partial charge >= 0.3 is 0 Å². The zero-order chi connectivity index (χ0) is 12.3. The van der Waals surface area contributed by atoms with Crippen LogP contribution in [0.15, 0.2) is 0 Å². The monoisotopic (exact) mass is 234 g/mol. The van der Waals surface area contributed by atoms with Gasteiger partial charge in [-0.2, -0.15) is 5.26 Å². The van der Waals surface area contributed by atoms with Crippen molar-refractivity contribution >= 4 is 5.91 Å². The van der Waals surface area contributed by atoms with Crippen molar-refractivity contribution in [3.8, 4) is 6.07 Å². The maximum absolute atomic E-state index is 12.2. The highest BCUT2D eigenvalue weighted by atomic mass is 16.2. The van der Waals surface area contributed by atoms with E-state index in [2.05, 4.69) is 18.3 Å². The van der Waals surface area contributed by atoms with Crippen molar-refractivity contribution in [1.82, 2.24) is 5.32 Å². The number of carbonyl (C=O) groups excluding carboxylic acids is 1. The van der Waals surface area contributed by atoms with E-state index in [1.165, 1.54) is 12.8 Å². The van der Waals surface area contributed by atoms with Gasteiger partial charge in [0.05, 0.1) is 6.07 Å². The van der Waals surface area contributed by atoms with Crippen LogP contribution in [0.25, 0.3) is 0 Å². The van der Waals surface area contributed by atoms with Gasteiger partial charge in [-0.1, -0.05) is 19.8 Å². The number of nitrogens with one attached hydrogen (secondary N) is 1. The van der Waals surface area contributed by atoms with Crippen LogP contribution >= 0.6 is 0 Å². The SMILES string of the molecule is CC1CCC(NC(=O)C2(C#N)CCCC2)CC1. The van der Waals surface area contributed by atoms with Gasteiger partial charge in [0, 0.05) is 6.04 Å². The maximum Gasteiger partial charge on any atom is 0.240 e. The molecule has 0 bridgehead atoms. The quantitative estimate of drug-likeness (QED) is 0.798. The van der Waals surface area contributed by atoms with E-state index in [1.54, 1.807) is 0 Å². The summed E-state index contributed by atoms with van der Waals surface area (Å²) >= 11 is 0. The van der Waals surface area contributed by atoms with E-state index in [9.17, 15) is 10.1 Å². The fraction of sp³-hybridized carbons (Fsp3) is 0.857. The topological polar surface area (TPSA) is 52.9 Å². The number of hydrogen-bond donors (Lipinski definition) is 1. The van der Waals surface area contributed by atoms with Crippen LogP contribution in [-0.4, -0.2) is 11.9 Å². The van der Waals surface area contributed by atoms with Gasteiger partial charge in [0.2, 0.25) is 5.91 Å². The molecule has 0 aliphatic heterocycles. The van der Waals surface area contributed by atoms with Gasteiger partial charge in [-0.25, -0.2) is 0 Å². The Kier molecular flexibility index (Phi) is 3.71. The normalized spacial score (nSPS) is 31.8. The Morgan fingerprint density at radius 3 is 2.35 bits per heavy atom. The summed E-state index contributed by atoms with van der Waals surface area (Å²) in [5.74, 6) is 0.789. The van der Waals surface area contributed by atoms with Gasteiger partial charge in [-0.3, -0.25) is 4.79 Å². The Bertz CT molecular complexity index is 318. The summed E-state index contributed by atoms with van der Waals surface area (Å²) in [5.41, 5.74) is -0.705. The van der Waals surface area contributed by atoms with Crippen LogP contribution in [0.4, 0.5) is 0 Å². The number of nitriles is 1. The van der Waals surface area contributed by atoms with Crippen LogP contribution in [0.2, 0.25) is 0 Å². The summed E-state index contributed by atoms with van der Waals surface area (Å²) in [5, 5.41) is 12.4. The van der Waals surface area contributed by atoms with E-state index in [4.69, 9.17) is 0 Å². The van der Waals surface area contributed by atoms with Crippen molar-refractivity contribution in [2.75, 3.05) is 0 Å². The lowest BCUT2D eigenvalue weighted by atomic mass is 9.84. The molecule has 1 amide bonds. The molecule has 2 fully saturated rings.